The molecule has 0 spiro atoms. The summed E-state index contributed by atoms with van der Waals surface area (Å²) in [6, 6.07) is -0.0912. The predicted molar refractivity (Wildman–Crippen MR) is 71.8 cm³/mol. The Bertz CT molecular complexity index is 534. The molecule has 1 atom stereocenters. The maximum absolute atomic E-state index is 11.2. The van der Waals surface area contributed by atoms with Crippen LogP contribution >= 0.6 is 0 Å². The molecule has 8 heteroatoms. The molecule has 1 fully saturated rings. The summed E-state index contributed by atoms with van der Waals surface area (Å²) < 4.78 is 30.5. The average molecular weight is 286 g/mol. The molecule has 1 aromatic heterocycles. The molecule has 0 bridgehead atoms. The molecule has 1 aliphatic rings. The van der Waals surface area contributed by atoms with Gasteiger partial charge in [-0.15, -0.1) is 0 Å². The van der Waals surface area contributed by atoms with Crippen LogP contribution in [0.4, 0.5) is 5.82 Å². The van der Waals surface area contributed by atoms with Crippen molar-refractivity contribution in [2.45, 2.75) is 19.4 Å². The first-order chi connectivity index (χ1) is 8.99. The number of rotatable bonds is 5. The van der Waals surface area contributed by atoms with Crippen LogP contribution in [-0.2, 0) is 10.0 Å². The van der Waals surface area contributed by atoms with Crippen molar-refractivity contribution >= 4 is 15.8 Å². The Morgan fingerprint density at radius 1 is 1.47 bits per heavy atom. The summed E-state index contributed by atoms with van der Waals surface area (Å²) >= 11 is 0. The van der Waals surface area contributed by atoms with E-state index in [-0.39, 0.29) is 6.04 Å². The maximum atomic E-state index is 11.2. The smallest absolute Gasteiger partial charge is 0.257 e. The number of hydrogen-bond donors (Lipinski definition) is 1. The van der Waals surface area contributed by atoms with Crippen molar-refractivity contribution in [1.82, 2.24) is 14.7 Å². The van der Waals surface area contributed by atoms with Gasteiger partial charge in [0, 0.05) is 31.5 Å². The SMILES string of the molecule is CCOc1nccnc1N1CC[C@H](NS(C)(=O)=O)C1. The van der Waals surface area contributed by atoms with Gasteiger partial charge < -0.3 is 9.64 Å². The van der Waals surface area contributed by atoms with Crippen LogP contribution in [0, 0.1) is 0 Å². The molecule has 0 aliphatic carbocycles. The number of anilines is 1. The minimum Gasteiger partial charge on any atom is -0.475 e. The van der Waals surface area contributed by atoms with E-state index >= 15 is 0 Å². The van der Waals surface area contributed by atoms with Gasteiger partial charge in [-0.05, 0) is 13.3 Å². The highest BCUT2D eigenvalue weighted by Gasteiger charge is 2.27. The van der Waals surface area contributed by atoms with E-state index in [1.54, 1.807) is 12.4 Å². The zero-order valence-corrected chi connectivity index (χ0v) is 11.9. The van der Waals surface area contributed by atoms with Crippen molar-refractivity contribution in [2.24, 2.45) is 0 Å². The molecule has 106 valence electrons. The van der Waals surface area contributed by atoms with E-state index in [0.717, 1.165) is 13.0 Å². The summed E-state index contributed by atoms with van der Waals surface area (Å²) in [6.45, 7) is 3.71. The largest absolute Gasteiger partial charge is 0.475 e. The molecule has 0 radical (unpaired) electrons. The molecule has 1 aromatic rings. The van der Waals surface area contributed by atoms with Crippen molar-refractivity contribution in [2.75, 3.05) is 30.9 Å². The van der Waals surface area contributed by atoms with Crippen LogP contribution in [0.25, 0.3) is 0 Å². The van der Waals surface area contributed by atoms with Gasteiger partial charge in [-0.25, -0.2) is 23.1 Å². The third-order valence-corrected chi connectivity index (χ3v) is 3.56. The predicted octanol–water partition coefficient (Wildman–Crippen LogP) is 0.00320. The van der Waals surface area contributed by atoms with Gasteiger partial charge in [0.2, 0.25) is 10.0 Å². The fourth-order valence-corrected chi connectivity index (χ4v) is 2.92. The summed E-state index contributed by atoms with van der Waals surface area (Å²) in [4.78, 5) is 10.4. The summed E-state index contributed by atoms with van der Waals surface area (Å²) in [6.07, 6.45) is 5.10. The minimum absolute atomic E-state index is 0.0912. The van der Waals surface area contributed by atoms with Gasteiger partial charge in [-0.2, -0.15) is 0 Å². The topological polar surface area (TPSA) is 84.4 Å². The lowest BCUT2D eigenvalue weighted by molar-refractivity contribution is 0.326. The Morgan fingerprint density at radius 3 is 2.89 bits per heavy atom. The molecule has 7 nitrogen and oxygen atoms in total. The van der Waals surface area contributed by atoms with Crippen LogP contribution in [0.5, 0.6) is 5.88 Å². The molecule has 0 amide bonds. The second-order valence-corrected chi connectivity index (χ2v) is 6.22. The summed E-state index contributed by atoms with van der Waals surface area (Å²) in [5.74, 6) is 1.16. The molecule has 0 saturated carbocycles. The lowest BCUT2D eigenvalue weighted by Gasteiger charge is -2.19. The zero-order valence-electron chi connectivity index (χ0n) is 11.0. The average Bonchev–Trinajstić information content (AvgIpc) is 2.76. The van der Waals surface area contributed by atoms with E-state index in [4.69, 9.17) is 4.74 Å². The number of ether oxygens (including phenoxy) is 1. The van der Waals surface area contributed by atoms with E-state index in [1.165, 1.54) is 6.26 Å². The highest BCUT2D eigenvalue weighted by Crippen LogP contribution is 2.26. The molecule has 0 unspecified atom stereocenters. The van der Waals surface area contributed by atoms with Crippen molar-refractivity contribution in [3.05, 3.63) is 12.4 Å². The molecule has 1 aliphatic heterocycles. The molecule has 2 heterocycles. The lowest BCUT2D eigenvalue weighted by Crippen LogP contribution is -2.36. The van der Waals surface area contributed by atoms with Crippen LogP contribution < -0.4 is 14.4 Å². The van der Waals surface area contributed by atoms with E-state index < -0.39 is 10.0 Å². The standard InChI is InChI=1S/C11H18N4O3S/c1-3-18-11-10(12-5-6-13-11)15-7-4-9(8-15)14-19(2,16)17/h5-6,9,14H,3-4,7-8H2,1-2H3/t9-/m0/s1. The van der Waals surface area contributed by atoms with Gasteiger partial charge in [0.1, 0.15) is 0 Å². The van der Waals surface area contributed by atoms with Crippen LogP contribution in [0.15, 0.2) is 12.4 Å². The van der Waals surface area contributed by atoms with Crippen LogP contribution in [0.2, 0.25) is 0 Å². The quantitative estimate of drug-likeness (QED) is 0.820. The lowest BCUT2D eigenvalue weighted by atomic mass is 10.3. The third kappa shape index (κ3) is 3.77. The second kappa shape index (κ2) is 5.70. The molecule has 2 rings (SSSR count). The molecule has 1 saturated heterocycles. The number of hydrogen-bond acceptors (Lipinski definition) is 6. The number of aromatic nitrogens is 2. The van der Waals surface area contributed by atoms with E-state index in [9.17, 15) is 8.42 Å². The van der Waals surface area contributed by atoms with Crippen molar-refractivity contribution in [3.8, 4) is 5.88 Å². The van der Waals surface area contributed by atoms with E-state index in [1.807, 2.05) is 11.8 Å². The molecular formula is C11H18N4O3S. The highest BCUT2D eigenvalue weighted by atomic mass is 32.2. The van der Waals surface area contributed by atoms with E-state index in [2.05, 4.69) is 14.7 Å². The Kier molecular flexibility index (Phi) is 4.20. The Hall–Kier alpha value is -1.41. The maximum Gasteiger partial charge on any atom is 0.257 e. The van der Waals surface area contributed by atoms with Crippen LogP contribution in [0.1, 0.15) is 13.3 Å². The van der Waals surface area contributed by atoms with Gasteiger partial charge in [0.15, 0.2) is 5.82 Å². The molecular weight excluding hydrogens is 268 g/mol. The molecule has 19 heavy (non-hydrogen) atoms. The Labute approximate surface area is 113 Å². The third-order valence-electron chi connectivity index (χ3n) is 2.80. The minimum atomic E-state index is -3.18. The first-order valence-corrected chi connectivity index (χ1v) is 8.05. The Morgan fingerprint density at radius 2 is 2.21 bits per heavy atom. The first-order valence-electron chi connectivity index (χ1n) is 6.15. The summed E-state index contributed by atoms with van der Waals surface area (Å²) in [7, 11) is -3.18. The van der Waals surface area contributed by atoms with Crippen molar-refractivity contribution < 1.29 is 13.2 Å². The van der Waals surface area contributed by atoms with Crippen LogP contribution in [-0.4, -0.2) is 50.4 Å². The fraction of sp³-hybridized carbons (Fsp3) is 0.636. The summed E-state index contributed by atoms with van der Waals surface area (Å²) in [5.41, 5.74) is 0. The van der Waals surface area contributed by atoms with E-state index in [0.29, 0.717) is 24.8 Å². The van der Waals surface area contributed by atoms with Gasteiger partial charge >= 0.3 is 0 Å². The number of sulfonamides is 1. The normalized spacial score (nSPS) is 19.7. The van der Waals surface area contributed by atoms with Gasteiger partial charge in [0.05, 0.1) is 12.9 Å². The molecule has 0 aromatic carbocycles. The second-order valence-electron chi connectivity index (χ2n) is 4.44. The fourth-order valence-electron chi connectivity index (χ4n) is 2.12. The summed E-state index contributed by atoms with van der Waals surface area (Å²) in [5, 5.41) is 0. The Balaban J connectivity index is 2.08. The zero-order chi connectivity index (χ0) is 13.9. The van der Waals surface area contributed by atoms with Crippen LogP contribution in [0.3, 0.4) is 0 Å². The monoisotopic (exact) mass is 286 g/mol. The number of nitrogens with one attached hydrogen (secondary N) is 1. The number of nitrogens with zero attached hydrogens (tertiary/aromatic N) is 3. The van der Waals surface area contributed by atoms with Crippen molar-refractivity contribution in [3.63, 3.8) is 0 Å². The van der Waals surface area contributed by atoms with Gasteiger partial charge in [-0.1, -0.05) is 0 Å². The van der Waals surface area contributed by atoms with Gasteiger partial charge in [0.25, 0.3) is 5.88 Å². The van der Waals surface area contributed by atoms with Crippen molar-refractivity contribution in [1.29, 1.82) is 0 Å². The first kappa shape index (κ1) is 14.0. The molecule has 1 N–H and O–H groups in total. The highest BCUT2D eigenvalue weighted by molar-refractivity contribution is 7.88. The van der Waals surface area contributed by atoms with Gasteiger partial charge in [-0.3, -0.25) is 0 Å².